The van der Waals surface area contributed by atoms with Gasteiger partial charge in [0.1, 0.15) is 12.9 Å². The largest absolute Gasteiger partial charge is 0.399 e. The topological polar surface area (TPSA) is 21.6 Å². The Hall–Kier alpha value is -2.16. The van der Waals surface area contributed by atoms with E-state index in [-0.39, 0.29) is 5.82 Å². The summed E-state index contributed by atoms with van der Waals surface area (Å²) in [6, 6.07) is 16.2. The van der Waals surface area contributed by atoms with Gasteiger partial charge in [0.05, 0.1) is 5.71 Å². The Balaban J connectivity index is 2.22. The highest BCUT2D eigenvalue weighted by Crippen LogP contribution is 2.10. The van der Waals surface area contributed by atoms with E-state index in [0.29, 0.717) is 6.42 Å². The summed E-state index contributed by atoms with van der Waals surface area (Å²) in [7, 11) is 1.52. The first kappa shape index (κ1) is 12.3. The normalized spacial score (nSPS) is 11.3. The van der Waals surface area contributed by atoms with E-state index in [1.165, 1.54) is 19.2 Å². The van der Waals surface area contributed by atoms with E-state index in [0.717, 1.165) is 16.8 Å². The molecule has 2 aromatic carbocycles. The molecule has 0 saturated heterocycles. The third-order valence-corrected chi connectivity index (χ3v) is 2.59. The van der Waals surface area contributed by atoms with E-state index in [9.17, 15) is 4.39 Å². The lowest BCUT2D eigenvalue weighted by Crippen LogP contribution is -2.06. The summed E-state index contributed by atoms with van der Waals surface area (Å²) in [5.74, 6) is -0.233. The fourth-order valence-electron chi connectivity index (χ4n) is 1.72. The van der Waals surface area contributed by atoms with Crippen LogP contribution >= 0.6 is 0 Å². The first-order chi connectivity index (χ1) is 8.79. The third-order valence-electron chi connectivity index (χ3n) is 2.59. The minimum atomic E-state index is -0.233. The highest BCUT2D eigenvalue weighted by molar-refractivity contribution is 6.01. The molecule has 92 valence electrons. The number of halogens is 1. The van der Waals surface area contributed by atoms with E-state index in [1.807, 2.05) is 30.3 Å². The zero-order chi connectivity index (χ0) is 12.8. The van der Waals surface area contributed by atoms with Crippen molar-refractivity contribution in [2.75, 3.05) is 7.11 Å². The van der Waals surface area contributed by atoms with Gasteiger partial charge in [0.25, 0.3) is 0 Å². The molecule has 0 atom stereocenters. The van der Waals surface area contributed by atoms with Gasteiger partial charge in [0, 0.05) is 6.42 Å². The van der Waals surface area contributed by atoms with Crippen LogP contribution < -0.4 is 0 Å². The Morgan fingerprint density at radius 3 is 2.33 bits per heavy atom. The van der Waals surface area contributed by atoms with Crippen LogP contribution in [0.25, 0.3) is 0 Å². The number of hydrogen-bond donors (Lipinski definition) is 0. The summed E-state index contributed by atoms with van der Waals surface area (Å²) in [4.78, 5) is 4.87. The fourth-order valence-corrected chi connectivity index (χ4v) is 1.72. The average molecular weight is 243 g/mol. The smallest absolute Gasteiger partial charge is 0.123 e. The van der Waals surface area contributed by atoms with Gasteiger partial charge < -0.3 is 4.84 Å². The van der Waals surface area contributed by atoms with Gasteiger partial charge in [-0.3, -0.25) is 0 Å². The monoisotopic (exact) mass is 243 g/mol. The second kappa shape index (κ2) is 5.96. The quantitative estimate of drug-likeness (QED) is 0.595. The number of hydrogen-bond acceptors (Lipinski definition) is 2. The van der Waals surface area contributed by atoms with Crippen LogP contribution in [0.3, 0.4) is 0 Å². The maximum Gasteiger partial charge on any atom is 0.123 e. The first-order valence-corrected chi connectivity index (χ1v) is 5.69. The van der Waals surface area contributed by atoms with Crippen LogP contribution in [0.1, 0.15) is 11.1 Å². The summed E-state index contributed by atoms with van der Waals surface area (Å²) in [5, 5.41) is 4.04. The first-order valence-electron chi connectivity index (χ1n) is 5.69. The van der Waals surface area contributed by atoms with Crippen LogP contribution in [0, 0.1) is 5.82 Å². The molecule has 0 spiro atoms. The molecular weight excluding hydrogens is 229 g/mol. The molecule has 2 aromatic rings. The van der Waals surface area contributed by atoms with Crippen molar-refractivity contribution in [1.82, 2.24) is 0 Å². The summed E-state index contributed by atoms with van der Waals surface area (Å²) in [6.45, 7) is 0. The maximum atomic E-state index is 12.8. The molecular formula is C15H14FNO. The summed E-state index contributed by atoms with van der Waals surface area (Å²) < 4.78 is 12.8. The molecule has 0 amide bonds. The number of nitrogens with zero attached hydrogens (tertiary/aromatic N) is 1. The highest BCUT2D eigenvalue weighted by atomic mass is 19.1. The van der Waals surface area contributed by atoms with Gasteiger partial charge in [-0.05, 0) is 23.3 Å². The van der Waals surface area contributed by atoms with Crippen LogP contribution in [-0.4, -0.2) is 12.8 Å². The van der Waals surface area contributed by atoms with Gasteiger partial charge in [0.2, 0.25) is 0 Å². The summed E-state index contributed by atoms with van der Waals surface area (Å²) >= 11 is 0. The van der Waals surface area contributed by atoms with Crippen LogP contribution in [0.2, 0.25) is 0 Å². The Kier molecular flexibility index (Phi) is 4.07. The van der Waals surface area contributed by atoms with Crippen molar-refractivity contribution in [3.63, 3.8) is 0 Å². The number of benzene rings is 2. The van der Waals surface area contributed by atoms with Crippen molar-refractivity contribution >= 4 is 5.71 Å². The Labute approximate surface area is 106 Å². The molecule has 0 radical (unpaired) electrons. The molecule has 18 heavy (non-hydrogen) atoms. The van der Waals surface area contributed by atoms with Crippen molar-refractivity contribution in [2.45, 2.75) is 6.42 Å². The van der Waals surface area contributed by atoms with Crippen molar-refractivity contribution in [1.29, 1.82) is 0 Å². The Morgan fingerprint density at radius 1 is 1.06 bits per heavy atom. The molecule has 0 aliphatic rings. The maximum absolute atomic E-state index is 12.8. The predicted molar refractivity (Wildman–Crippen MR) is 70.1 cm³/mol. The summed E-state index contributed by atoms with van der Waals surface area (Å²) in [6.07, 6.45) is 0.609. The van der Waals surface area contributed by atoms with Gasteiger partial charge >= 0.3 is 0 Å². The molecule has 0 aliphatic carbocycles. The Bertz CT molecular complexity index is 520. The summed E-state index contributed by atoms with van der Waals surface area (Å²) in [5.41, 5.74) is 2.82. The van der Waals surface area contributed by atoms with Crippen LogP contribution in [0.15, 0.2) is 59.8 Å². The predicted octanol–water partition coefficient (Wildman–Crippen LogP) is 3.42. The van der Waals surface area contributed by atoms with Gasteiger partial charge in [-0.1, -0.05) is 47.6 Å². The molecule has 0 N–H and O–H groups in total. The zero-order valence-corrected chi connectivity index (χ0v) is 10.1. The molecule has 0 unspecified atom stereocenters. The molecule has 2 rings (SSSR count). The number of oxime groups is 1. The lowest BCUT2D eigenvalue weighted by Gasteiger charge is -2.06. The number of rotatable bonds is 4. The van der Waals surface area contributed by atoms with E-state index >= 15 is 0 Å². The molecule has 3 heteroatoms. The van der Waals surface area contributed by atoms with Crippen LogP contribution in [-0.2, 0) is 11.3 Å². The van der Waals surface area contributed by atoms with Gasteiger partial charge in [0.15, 0.2) is 0 Å². The van der Waals surface area contributed by atoms with Gasteiger partial charge in [-0.25, -0.2) is 4.39 Å². The van der Waals surface area contributed by atoms with E-state index < -0.39 is 0 Å². The second-order valence-electron chi connectivity index (χ2n) is 3.89. The zero-order valence-electron chi connectivity index (χ0n) is 10.1. The molecule has 0 aromatic heterocycles. The fraction of sp³-hybridized carbons (Fsp3) is 0.133. The molecule has 0 saturated carbocycles. The second-order valence-corrected chi connectivity index (χ2v) is 3.89. The van der Waals surface area contributed by atoms with E-state index in [2.05, 4.69) is 5.16 Å². The lowest BCUT2D eigenvalue weighted by molar-refractivity contribution is 0.213. The standard InChI is InChI=1S/C15H14FNO/c1-18-17-15(13-5-3-2-4-6-13)11-12-7-9-14(16)10-8-12/h2-10H,11H2,1H3/b17-15+. The molecule has 0 fully saturated rings. The van der Waals surface area contributed by atoms with Crippen molar-refractivity contribution in [3.05, 3.63) is 71.5 Å². The van der Waals surface area contributed by atoms with Crippen molar-refractivity contribution in [3.8, 4) is 0 Å². The molecule has 0 bridgehead atoms. The third kappa shape index (κ3) is 3.17. The van der Waals surface area contributed by atoms with Gasteiger partial charge in [-0.15, -0.1) is 0 Å². The van der Waals surface area contributed by atoms with Crippen molar-refractivity contribution in [2.24, 2.45) is 5.16 Å². The van der Waals surface area contributed by atoms with E-state index in [1.54, 1.807) is 12.1 Å². The lowest BCUT2D eigenvalue weighted by atomic mass is 10.0. The average Bonchev–Trinajstić information content (AvgIpc) is 2.42. The van der Waals surface area contributed by atoms with Gasteiger partial charge in [-0.2, -0.15) is 0 Å². The SMILES string of the molecule is CO/N=C(\Cc1ccc(F)cc1)c1ccccc1. The highest BCUT2D eigenvalue weighted by Gasteiger charge is 2.05. The van der Waals surface area contributed by atoms with E-state index in [4.69, 9.17) is 4.84 Å². The van der Waals surface area contributed by atoms with Crippen LogP contribution in [0.5, 0.6) is 0 Å². The van der Waals surface area contributed by atoms with Crippen molar-refractivity contribution < 1.29 is 9.23 Å². The Morgan fingerprint density at radius 2 is 1.72 bits per heavy atom. The minimum Gasteiger partial charge on any atom is -0.399 e. The molecule has 2 nitrogen and oxygen atoms in total. The molecule has 0 aliphatic heterocycles. The molecule has 0 heterocycles. The van der Waals surface area contributed by atoms with Crippen LogP contribution in [0.4, 0.5) is 4.39 Å². The minimum absolute atomic E-state index is 0.233.